The van der Waals surface area contributed by atoms with Crippen LogP contribution in [0.3, 0.4) is 0 Å². The van der Waals surface area contributed by atoms with Gasteiger partial charge in [-0.2, -0.15) is 13.2 Å². The highest BCUT2D eigenvalue weighted by molar-refractivity contribution is 5.94. The number of pyridine rings is 1. The minimum Gasteiger partial charge on any atom is -0.548 e. The average molecular weight is 660 g/mol. The van der Waals surface area contributed by atoms with E-state index in [-0.39, 0.29) is 48.7 Å². The molecule has 2 N–H and O–H groups in total. The Hall–Kier alpha value is -3.87. The molecule has 1 aromatic carbocycles. The van der Waals surface area contributed by atoms with Crippen molar-refractivity contribution in [2.75, 3.05) is 13.1 Å². The molecule has 3 aliphatic rings. The van der Waals surface area contributed by atoms with Crippen molar-refractivity contribution in [2.24, 2.45) is 11.3 Å². The predicted molar refractivity (Wildman–Crippen MR) is 165 cm³/mol. The van der Waals surface area contributed by atoms with Gasteiger partial charge in [-0.05, 0) is 62.6 Å². The van der Waals surface area contributed by atoms with Crippen LogP contribution in [0.2, 0.25) is 0 Å². The number of aromatic nitrogens is 1. The van der Waals surface area contributed by atoms with Gasteiger partial charge in [0.25, 0.3) is 0 Å². The van der Waals surface area contributed by atoms with Crippen LogP contribution in [0, 0.1) is 11.3 Å². The van der Waals surface area contributed by atoms with Crippen LogP contribution in [-0.4, -0.2) is 70.3 Å². The Bertz CT molecular complexity index is 1540. The highest BCUT2D eigenvalue weighted by atomic mass is 19.4. The molecule has 0 radical (unpaired) electrons. The zero-order chi connectivity index (χ0) is 34.4. The van der Waals surface area contributed by atoms with Crippen LogP contribution in [-0.2, 0) is 20.5 Å². The molecule has 13 heteroatoms. The number of hydrogen-bond donors (Lipinski definition) is 2. The Morgan fingerprint density at radius 3 is 2.43 bits per heavy atom. The van der Waals surface area contributed by atoms with Gasteiger partial charge in [-0.1, -0.05) is 32.9 Å². The first-order valence-electron chi connectivity index (χ1n) is 16.0. The topological polar surface area (TPSA) is 133 Å². The fourth-order valence-electron chi connectivity index (χ4n) is 6.78. The molecule has 2 aromatic rings. The molecule has 5 atom stereocenters. The maximum Gasteiger partial charge on any atom is 0.417 e. The molecule has 1 aromatic heterocycles. The van der Waals surface area contributed by atoms with Crippen molar-refractivity contribution in [1.29, 1.82) is 0 Å². The number of alkyl carbamates (subject to hydrolysis) is 1. The molecule has 1 aliphatic heterocycles. The van der Waals surface area contributed by atoms with E-state index >= 15 is 0 Å². The van der Waals surface area contributed by atoms with E-state index in [1.54, 1.807) is 6.92 Å². The highest BCUT2D eigenvalue weighted by Gasteiger charge is 2.59. The number of amides is 2. The number of rotatable bonds is 10. The summed E-state index contributed by atoms with van der Waals surface area (Å²) in [5.74, 6) is -2.52. The number of carboxylic acid groups (broad SMARTS) is 1. The van der Waals surface area contributed by atoms with E-state index in [9.17, 15) is 32.7 Å². The molecule has 2 amide bonds. The summed E-state index contributed by atoms with van der Waals surface area (Å²) in [6, 6.07) is 4.53. The monoisotopic (exact) mass is 659 g/mol. The Labute approximate surface area is 272 Å². The van der Waals surface area contributed by atoms with Crippen LogP contribution in [0.1, 0.15) is 71.8 Å². The normalized spacial score (nSPS) is 27.3. The average Bonchev–Trinajstić information content (AvgIpc) is 3.28. The quantitative estimate of drug-likeness (QED) is 0.360. The number of carboxylic acids is 1. The van der Waals surface area contributed by atoms with Crippen molar-refractivity contribution in [3.05, 3.63) is 48.7 Å². The lowest BCUT2D eigenvalue weighted by atomic mass is 9.85. The SMILES string of the molecule is C=CC1CC1(NC(=O)C1(C)CC(Oc2nccc3c(C(F)(F)F)cccc23)CN1CC(NC(=O)OC1CCCC1)C(C)(C)C)C(=O)[O-]. The summed E-state index contributed by atoms with van der Waals surface area (Å²) < 4.78 is 53.2. The molecule has 0 spiro atoms. The van der Waals surface area contributed by atoms with E-state index in [1.807, 2.05) is 25.7 Å². The third-order valence-corrected chi connectivity index (χ3v) is 9.91. The first-order valence-corrected chi connectivity index (χ1v) is 16.0. The second-order valence-corrected chi connectivity index (χ2v) is 14.3. The van der Waals surface area contributed by atoms with Crippen molar-refractivity contribution in [3.63, 3.8) is 0 Å². The van der Waals surface area contributed by atoms with Gasteiger partial charge in [0.1, 0.15) is 17.7 Å². The number of benzene rings is 1. The molecule has 5 unspecified atom stereocenters. The fourth-order valence-corrected chi connectivity index (χ4v) is 6.78. The Morgan fingerprint density at radius 2 is 1.83 bits per heavy atom. The molecule has 1 saturated heterocycles. The maximum atomic E-state index is 14.1. The van der Waals surface area contributed by atoms with Crippen molar-refractivity contribution in [3.8, 4) is 5.88 Å². The number of ether oxygens (including phenoxy) is 2. The van der Waals surface area contributed by atoms with Gasteiger partial charge < -0.3 is 30.0 Å². The Kier molecular flexibility index (Phi) is 9.26. The minimum atomic E-state index is -4.59. The summed E-state index contributed by atoms with van der Waals surface area (Å²) in [6.07, 6.45) is 0.469. The van der Waals surface area contributed by atoms with E-state index in [0.717, 1.165) is 31.7 Å². The van der Waals surface area contributed by atoms with Crippen molar-refractivity contribution >= 4 is 28.7 Å². The summed E-state index contributed by atoms with van der Waals surface area (Å²) in [5.41, 5.74) is -4.25. The van der Waals surface area contributed by atoms with Gasteiger partial charge in [0.05, 0.1) is 17.1 Å². The number of nitrogens with one attached hydrogen (secondary N) is 2. The smallest absolute Gasteiger partial charge is 0.417 e. The predicted octanol–water partition coefficient (Wildman–Crippen LogP) is 4.36. The molecule has 10 nitrogen and oxygen atoms in total. The lowest BCUT2D eigenvalue weighted by Crippen LogP contribution is -2.62. The number of hydrogen-bond acceptors (Lipinski definition) is 8. The molecule has 2 saturated carbocycles. The number of nitrogens with zero attached hydrogens (tertiary/aromatic N) is 2. The summed E-state index contributed by atoms with van der Waals surface area (Å²) in [6.45, 7) is 11.5. The standard InChI is InChI=1S/C34H43F3N4O6/c1-6-20-16-33(20,29(43)44)40-28(42)32(5)17-22(46-27-24-12-9-13-25(34(35,36)37)23(24)14-15-38-27)18-41(32)19-26(31(2,3)4)39-30(45)47-21-10-7-8-11-21/h6,9,12-15,20-22,26H,1,7-8,10-11,16-19H2,2-5H3,(H,39,45)(H,40,42)(H,43,44)/p-1. The summed E-state index contributed by atoms with van der Waals surface area (Å²) in [5, 5.41) is 17.9. The fraction of sp³-hybridized carbons (Fsp3) is 0.588. The van der Waals surface area contributed by atoms with Crippen LogP contribution in [0.4, 0.5) is 18.0 Å². The number of halogens is 3. The van der Waals surface area contributed by atoms with E-state index in [4.69, 9.17) is 9.47 Å². The molecular formula is C34H42F3N4O6-. The zero-order valence-electron chi connectivity index (χ0n) is 27.1. The lowest BCUT2D eigenvalue weighted by Gasteiger charge is -2.40. The molecule has 47 heavy (non-hydrogen) atoms. The summed E-state index contributed by atoms with van der Waals surface area (Å²) in [4.78, 5) is 45.2. The van der Waals surface area contributed by atoms with Gasteiger partial charge >= 0.3 is 12.3 Å². The zero-order valence-corrected chi connectivity index (χ0v) is 27.1. The van der Waals surface area contributed by atoms with E-state index in [2.05, 4.69) is 22.2 Å². The number of alkyl halides is 3. The molecule has 0 bridgehead atoms. The van der Waals surface area contributed by atoms with Crippen LogP contribution in [0.5, 0.6) is 5.88 Å². The van der Waals surface area contributed by atoms with Gasteiger partial charge in [0.15, 0.2) is 0 Å². The summed E-state index contributed by atoms with van der Waals surface area (Å²) >= 11 is 0. The number of aliphatic carboxylic acids is 1. The van der Waals surface area contributed by atoms with Gasteiger partial charge in [0.2, 0.25) is 11.8 Å². The first kappa shape index (κ1) is 34.5. The second-order valence-electron chi connectivity index (χ2n) is 14.3. The molecule has 2 heterocycles. The maximum absolute atomic E-state index is 14.1. The van der Waals surface area contributed by atoms with Crippen molar-refractivity contribution < 1.29 is 42.1 Å². The molecule has 5 rings (SSSR count). The number of likely N-dealkylation sites (tertiary alicyclic amines) is 1. The number of carbonyl (C=O) groups excluding carboxylic acids is 3. The first-order chi connectivity index (χ1) is 22.0. The van der Waals surface area contributed by atoms with Crippen LogP contribution >= 0.6 is 0 Å². The third-order valence-electron chi connectivity index (χ3n) is 9.91. The number of carbonyl (C=O) groups is 3. The van der Waals surface area contributed by atoms with E-state index < -0.39 is 64.3 Å². The third kappa shape index (κ3) is 7.05. The lowest BCUT2D eigenvalue weighted by molar-refractivity contribution is -0.310. The largest absolute Gasteiger partial charge is 0.548 e. The van der Waals surface area contributed by atoms with Gasteiger partial charge in [-0.3, -0.25) is 9.69 Å². The second kappa shape index (κ2) is 12.6. The molecule has 256 valence electrons. The Morgan fingerprint density at radius 1 is 1.13 bits per heavy atom. The van der Waals surface area contributed by atoms with E-state index in [1.165, 1.54) is 30.5 Å². The highest BCUT2D eigenvalue weighted by Crippen LogP contribution is 2.45. The summed E-state index contributed by atoms with van der Waals surface area (Å²) in [7, 11) is 0. The molecule has 2 aliphatic carbocycles. The van der Waals surface area contributed by atoms with Crippen molar-refractivity contribution in [2.45, 2.75) is 102 Å². The molecular weight excluding hydrogens is 617 g/mol. The van der Waals surface area contributed by atoms with Crippen LogP contribution < -0.4 is 20.5 Å². The van der Waals surface area contributed by atoms with Crippen LogP contribution in [0.25, 0.3) is 10.8 Å². The van der Waals surface area contributed by atoms with Gasteiger partial charge in [0, 0.05) is 48.4 Å². The van der Waals surface area contributed by atoms with Gasteiger partial charge in [-0.25, -0.2) is 9.78 Å². The number of fused-ring (bicyclic) bond motifs is 1. The van der Waals surface area contributed by atoms with Gasteiger partial charge in [-0.15, -0.1) is 6.58 Å². The van der Waals surface area contributed by atoms with Crippen molar-refractivity contribution in [1.82, 2.24) is 20.5 Å². The van der Waals surface area contributed by atoms with E-state index in [0.29, 0.717) is 0 Å². The van der Waals surface area contributed by atoms with Crippen LogP contribution in [0.15, 0.2) is 43.1 Å². The minimum absolute atomic E-state index is 0.0195. The molecule has 3 fully saturated rings. The Balaban J connectivity index is 1.44.